The molecule has 0 spiro atoms. The summed E-state index contributed by atoms with van der Waals surface area (Å²) < 4.78 is 13.2. The van der Waals surface area contributed by atoms with Crippen LogP contribution < -0.4 is 0 Å². The van der Waals surface area contributed by atoms with Gasteiger partial charge in [0.15, 0.2) is 0 Å². The summed E-state index contributed by atoms with van der Waals surface area (Å²) in [6.45, 7) is 4.56. The van der Waals surface area contributed by atoms with Crippen LogP contribution in [0.1, 0.15) is 24.2 Å². The molecule has 2 rings (SSSR count). The van der Waals surface area contributed by atoms with Crippen molar-refractivity contribution in [1.82, 2.24) is 9.88 Å². The number of Topliss-reactive ketones (excluding diaryl/α,β-unsaturated/α-hetero) is 1. The Morgan fingerprint density at radius 3 is 2.58 bits per heavy atom. The number of hydrogen-bond acceptors (Lipinski definition) is 2. The normalized spacial score (nSPS) is 10.7. The standard InChI is InChI=1S/C14H15FN2O2/c1-3-17(4-2)14(19)13(18)11-8-16-12-6-5-9(15)7-10(11)12/h5-8,16H,3-4H2,1-2H3. The minimum atomic E-state index is -0.611. The molecule has 1 aromatic heterocycles. The minimum absolute atomic E-state index is 0.214. The zero-order chi connectivity index (χ0) is 14.0. The first kappa shape index (κ1) is 13.3. The van der Waals surface area contributed by atoms with E-state index in [2.05, 4.69) is 4.98 Å². The van der Waals surface area contributed by atoms with Gasteiger partial charge in [-0.05, 0) is 32.0 Å². The molecule has 5 heteroatoms. The average molecular weight is 262 g/mol. The number of hydrogen-bond donors (Lipinski definition) is 1. The molecule has 0 aliphatic rings. The van der Waals surface area contributed by atoms with Gasteiger partial charge >= 0.3 is 0 Å². The van der Waals surface area contributed by atoms with Gasteiger partial charge in [0.1, 0.15) is 5.82 Å². The van der Waals surface area contributed by atoms with Gasteiger partial charge in [-0.15, -0.1) is 0 Å². The number of carbonyl (C=O) groups excluding carboxylic acids is 2. The Hall–Kier alpha value is -2.17. The Labute approximate surface area is 110 Å². The number of fused-ring (bicyclic) bond motifs is 1. The van der Waals surface area contributed by atoms with Gasteiger partial charge in [0.25, 0.3) is 11.7 Å². The van der Waals surface area contributed by atoms with E-state index in [-0.39, 0.29) is 5.56 Å². The molecule has 2 aromatic rings. The fourth-order valence-corrected chi connectivity index (χ4v) is 2.05. The fourth-order valence-electron chi connectivity index (χ4n) is 2.05. The van der Waals surface area contributed by atoms with Gasteiger partial charge in [-0.1, -0.05) is 0 Å². The molecule has 0 atom stereocenters. The summed E-state index contributed by atoms with van der Waals surface area (Å²) in [5.41, 5.74) is 0.850. The van der Waals surface area contributed by atoms with Gasteiger partial charge in [0, 0.05) is 30.2 Å². The maximum atomic E-state index is 13.2. The molecule has 0 radical (unpaired) electrons. The molecular weight excluding hydrogens is 247 g/mol. The maximum Gasteiger partial charge on any atom is 0.295 e. The molecule has 0 bridgehead atoms. The first-order valence-corrected chi connectivity index (χ1v) is 6.18. The Morgan fingerprint density at radius 1 is 1.26 bits per heavy atom. The van der Waals surface area contributed by atoms with Crippen LogP contribution in [-0.2, 0) is 4.79 Å². The molecule has 0 saturated heterocycles. The van der Waals surface area contributed by atoms with Crippen LogP contribution in [0.2, 0.25) is 0 Å². The summed E-state index contributed by atoms with van der Waals surface area (Å²) in [6.07, 6.45) is 1.45. The van der Waals surface area contributed by atoms with Gasteiger partial charge in [-0.2, -0.15) is 0 Å². The van der Waals surface area contributed by atoms with E-state index in [4.69, 9.17) is 0 Å². The number of carbonyl (C=O) groups is 2. The van der Waals surface area contributed by atoms with Gasteiger partial charge < -0.3 is 9.88 Å². The van der Waals surface area contributed by atoms with Crippen molar-refractivity contribution in [2.45, 2.75) is 13.8 Å². The summed E-state index contributed by atoms with van der Waals surface area (Å²) in [6, 6.07) is 4.11. The largest absolute Gasteiger partial charge is 0.360 e. The van der Waals surface area contributed by atoms with E-state index < -0.39 is 17.5 Å². The van der Waals surface area contributed by atoms with E-state index >= 15 is 0 Å². The number of likely N-dealkylation sites (N-methyl/N-ethyl adjacent to an activating group) is 1. The smallest absolute Gasteiger partial charge is 0.295 e. The zero-order valence-corrected chi connectivity index (χ0v) is 10.9. The van der Waals surface area contributed by atoms with Crippen molar-refractivity contribution in [3.8, 4) is 0 Å². The molecule has 1 N–H and O–H groups in total. The summed E-state index contributed by atoms with van der Waals surface area (Å²) in [7, 11) is 0. The van der Waals surface area contributed by atoms with Crippen LogP contribution in [0.5, 0.6) is 0 Å². The van der Waals surface area contributed by atoms with Crippen LogP contribution in [0.15, 0.2) is 24.4 Å². The number of ketones is 1. The molecule has 100 valence electrons. The summed E-state index contributed by atoms with van der Waals surface area (Å²) in [5, 5.41) is 0.436. The number of H-pyrrole nitrogens is 1. The zero-order valence-electron chi connectivity index (χ0n) is 10.9. The van der Waals surface area contributed by atoms with Crippen molar-refractivity contribution in [3.05, 3.63) is 35.8 Å². The second kappa shape index (κ2) is 5.22. The van der Waals surface area contributed by atoms with Crippen molar-refractivity contribution < 1.29 is 14.0 Å². The molecule has 1 amide bonds. The number of halogens is 1. The third-order valence-corrected chi connectivity index (χ3v) is 3.13. The van der Waals surface area contributed by atoms with Crippen LogP contribution in [-0.4, -0.2) is 34.7 Å². The van der Waals surface area contributed by atoms with Crippen molar-refractivity contribution >= 4 is 22.6 Å². The van der Waals surface area contributed by atoms with Gasteiger partial charge in [-0.25, -0.2) is 4.39 Å². The lowest BCUT2D eigenvalue weighted by atomic mass is 10.1. The second-order valence-corrected chi connectivity index (χ2v) is 4.20. The maximum absolute atomic E-state index is 13.2. The highest BCUT2D eigenvalue weighted by molar-refractivity contribution is 6.44. The Bertz CT molecular complexity index is 629. The highest BCUT2D eigenvalue weighted by atomic mass is 19.1. The number of nitrogens with zero attached hydrogens (tertiary/aromatic N) is 1. The lowest BCUT2D eigenvalue weighted by Crippen LogP contribution is -2.36. The average Bonchev–Trinajstić information content (AvgIpc) is 2.82. The topological polar surface area (TPSA) is 53.2 Å². The van der Waals surface area contributed by atoms with Gasteiger partial charge in [-0.3, -0.25) is 9.59 Å². The molecule has 1 heterocycles. The summed E-state index contributed by atoms with van der Waals surface area (Å²) >= 11 is 0. The lowest BCUT2D eigenvalue weighted by Gasteiger charge is -2.17. The van der Waals surface area contributed by atoms with E-state index in [0.29, 0.717) is 24.0 Å². The van der Waals surface area contributed by atoms with Gasteiger partial charge in [0.2, 0.25) is 0 Å². The van der Waals surface area contributed by atoms with Crippen molar-refractivity contribution in [3.63, 3.8) is 0 Å². The number of aromatic nitrogens is 1. The van der Waals surface area contributed by atoms with Crippen LogP contribution in [0.3, 0.4) is 0 Å². The van der Waals surface area contributed by atoms with Crippen LogP contribution in [0.25, 0.3) is 10.9 Å². The SMILES string of the molecule is CCN(CC)C(=O)C(=O)c1c[nH]c2ccc(F)cc12. The highest BCUT2D eigenvalue weighted by Gasteiger charge is 2.23. The van der Waals surface area contributed by atoms with E-state index in [1.165, 1.54) is 23.2 Å². The molecule has 0 fully saturated rings. The fraction of sp³-hybridized carbons (Fsp3) is 0.286. The second-order valence-electron chi connectivity index (χ2n) is 4.20. The van der Waals surface area contributed by atoms with Crippen molar-refractivity contribution in [2.24, 2.45) is 0 Å². The third-order valence-electron chi connectivity index (χ3n) is 3.13. The predicted octanol–water partition coefficient (Wildman–Crippen LogP) is 2.36. The third kappa shape index (κ3) is 2.36. The van der Waals surface area contributed by atoms with Gasteiger partial charge in [0.05, 0.1) is 5.56 Å². The van der Waals surface area contributed by atoms with E-state index in [9.17, 15) is 14.0 Å². The van der Waals surface area contributed by atoms with E-state index in [0.717, 1.165) is 0 Å². The number of aromatic amines is 1. The first-order chi connectivity index (χ1) is 9.08. The van der Waals surface area contributed by atoms with Crippen LogP contribution in [0, 0.1) is 5.82 Å². The number of benzene rings is 1. The molecular formula is C14H15FN2O2. The predicted molar refractivity (Wildman–Crippen MR) is 70.5 cm³/mol. The summed E-state index contributed by atoms with van der Waals surface area (Å²) in [5.74, 6) is -1.60. The summed E-state index contributed by atoms with van der Waals surface area (Å²) in [4.78, 5) is 28.5. The van der Waals surface area contributed by atoms with Crippen molar-refractivity contribution in [1.29, 1.82) is 0 Å². The number of rotatable bonds is 4. The molecule has 19 heavy (non-hydrogen) atoms. The molecule has 0 saturated carbocycles. The van der Waals surface area contributed by atoms with Crippen molar-refractivity contribution in [2.75, 3.05) is 13.1 Å². The Morgan fingerprint density at radius 2 is 1.95 bits per heavy atom. The highest BCUT2D eigenvalue weighted by Crippen LogP contribution is 2.20. The molecule has 1 aromatic carbocycles. The first-order valence-electron chi connectivity index (χ1n) is 6.18. The minimum Gasteiger partial charge on any atom is -0.360 e. The number of amides is 1. The quantitative estimate of drug-likeness (QED) is 0.679. The monoisotopic (exact) mass is 262 g/mol. The van der Waals surface area contributed by atoms with E-state index in [1.807, 2.05) is 13.8 Å². The Kier molecular flexibility index (Phi) is 3.64. The molecule has 4 nitrogen and oxygen atoms in total. The van der Waals surface area contributed by atoms with E-state index in [1.54, 1.807) is 6.07 Å². The molecule has 0 aliphatic carbocycles. The Balaban J connectivity index is 2.41. The lowest BCUT2D eigenvalue weighted by molar-refractivity contribution is -0.126. The van der Waals surface area contributed by atoms with Crippen LogP contribution >= 0.6 is 0 Å². The molecule has 0 aliphatic heterocycles. The van der Waals surface area contributed by atoms with Crippen LogP contribution in [0.4, 0.5) is 4.39 Å². The number of nitrogens with one attached hydrogen (secondary N) is 1. The molecule has 0 unspecified atom stereocenters.